The molecule has 2 heterocycles. The second-order valence-electron chi connectivity index (χ2n) is 7.76. The summed E-state index contributed by atoms with van der Waals surface area (Å²) in [7, 11) is -3.42. The average molecular weight is 424 g/mol. The summed E-state index contributed by atoms with van der Waals surface area (Å²) in [5, 5.41) is 3.04. The van der Waals surface area contributed by atoms with Crippen molar-refractivity contribution in [2.24, 2.45) is 5.92 Å². The highest BCUT2D eigenvalue weighted by Gasteiger charge is 2.26. The van der Waals surface area contributed by atoms with Crippen molar-refractivity contribution < 1.29 is 17.9 Å². The van der Waals surface area contributed by atoms with Crippen molar-refractivity contribution in [2.75, 3.05) is 44.2 Å². The van der Waals surface area contributed by atoms with Gasteiger partial charge >= 0.3 is 0 Å². The van der Waals surface area contributed by atoms with Crippen LogP contribution >= 0.6 is 0 Å². The minimum Gasteiger partial charge on any atom is -0.372 e. The van der Waals surface area contributed by atoms with Gasteiger partial charge in [0.25, 0.3) is 0 Å². The summed E-state index contributed by atoms with van der Waals surface area (Å²) < 4.78 is 32.1. The molecule has 7 nitrogen and oxygen atoms in total. The predicted molar refractivity (Wildman–Crippen MR) is 113 cm³/mol. The lowest BCUT2D eigenvalue weighted by Crippen LogP contribution is -2.41. The number of rotatable bonds is 8. The molecule has 1 aromatic carbocycles. The van der Waals surface area contributed by atoms with E-state index in [-0.39, 0.29) is 12.0 Å². The number of hydrogen-bond acceptors (Lipinski definition) is 5. The van der Waals surface area contributed by atoms with E-state index in [1.165, 1.54) is 4.31 Å². The molecule has 1 atom stereocenters. The number of carbonyl (C=O) groups is 1. The summed E-state index contributed by atoms with van der Waals surface area (Å²) in [4.78, 5) is 14.7. The zero-order valence-electron chi connectivity index (χ0n) is 17.5. The van der Waals surface area contributed by atoms with Gasteiger partial charge in [0.1, 0.15) is 6.10 Å². The van der Waals surface area contributed by atoms with E-state index in [1.807, 2.05) is 26.0 Å². The number of hydrogen-bond donors (Lipinski definition) is 1. The maximum atomic E-state index is 12.6. The number of nitrogens with zero attached hydrogens (tertiary/aromatic N) is 2. The number of sulfonamides is 1. The number of piperidine rings is 1. The number of ether oxygens (including phenoxy) is 1. The van der Waals surface area contributed by atoms with E-state index < -0.39 is 10.0 Å². The molecule has 29 heavy (non-hydrogen) atoms. The third-order valence-electron chi connectivity index (χ3n) is 5.95. The lowest BCUT2D eigenvalue weighted by molar-refractivity contribution is -0.130. The van der Waals surface area contributed by atoms with Crippen LogP contribution in [-0.4, -0.2) is 64.1 Å². The topological polar surface area (TPSA) is 79.0 Å². The highest BCUT2D eigenvalue weighted by molar-refractivity contribution is 7.89. The summed E-state index contributed by atoms with van der Waals surface area (Å²) in [5.41, 5.74) is 1.05. The second kappa shape index (κ2) is 9.91. The van der Waals surface area contributed by atoms with Crippen LogP contribution in [0, 0.1) is 5.92 Å². The highest BCUT2D eigenvalue weighted by atomic mass is 32.2. The summed E-state index contributed by atoms with van der Waals surface area (Å²) in [6.45, 7) is 7.84. The maximum Gasteiger partial charge on any atom is 0.249 e. The highest BCUT2D eigenvalue weighted by Crippen LogP contribution is 2.25. The number of benzene rings is 1. The maximum absolute atomic E-state index is 12.6. The van der Waals surface area contributed by atoms with Crippen molar-refractivity contribution in [1.29, 1.82) is 0 Å². The Bertz CT molecular complexity index is 764. The van der Waals surface area contributed by atoms with Gasteiger partial charge in [-0.3, -0.25) is 4.79 Å². The van der Waals surface area contributed by atoms with Crippen LogP contribution in [0.2, 0.25) is 0 Å². The molecule has 2 fully saturated rings. The van der Waals surface area contributed by atoms with E-state index >= 15 is 0 Å². The van der Waals surface area contributed by atoms with Crippen LogP contribution in [0.1, 0.15) is 39.5 Å². The molecule has 1 aromatic rings. The molecule has 2 saturated heterocycles. The molecule has 8 heteroatoms. The van der Waals surface area contributed by atoms with Crippen LogP contribution < -0.4 is 10.2 Å². The van der Waals surface area contributed by atoms with Crippen molar-refractivity contribution in [2.45, 2.75) is 50.5 Å². The molecule has 0 bridgehead atoms. The summed E-state index contributed by atoms with van der Waals surface area (Å²) in [5.74, 6) is 0.494. The Morgan fingerprint density at radius 2 is 1.79 bits per heavy atom. The molecule has 0 saturated carbocycles. The molecule has 0 radical (unpaired) electrons. The molecule has 2 aliphatic rings. The summed E-state index contributed by atoms with van der Waals surface area (Å²) >= 11 is 0. The first kappa shape index (κ1) is 22.1. The zero-order valence-corrected chi connectivity index (χ0v) is 18.3. The molecule has 0 aliphatic carbocycles. The quantitative estimate of drug-likeness (QED) is 0.694. The molecule has 2 aliphatic heterocycles. The van der Waals surface area contributed by atoms with Gasteiger partial charge in [0.15, 0.2) is 0 Å². The van der Waals surface area contributed by atoms with Gasteiger partial charge in [0.05, 0.1) is 4.90 Å². The predicted octanol–water partition coefficient (Wildman–Crippen LogP) is 2.23. The van der Waals surface area contributed by atoms with Crippen molar-refractivity contribution >= 4 is 21.6 Å². The fourth-order valence-electron chi connectivity index (χ4n) is 4.08. The van der Waals surface area contributed by atoms with Gasteiger partial charge in [0.2, 0.25) is 15.9 Å². The van der Waals surface area contributed by atoms with Crippen LogP contribution in [0.25, 0.3) is 0 Å². The third kappa shape index (κ3) is 5.29. The number of anilines is 1. The van der Waals surface area contributed by atoms with E-state index in [9.17, 15) is 13.2 Å². The Hall–Kier alpha value is -1.64. The first-order valence-corrected chi connectivity index (χ1v) is 12.1. The first-order valence-electron chi connectivity index (χ1n) is 10.7. The van der Waals surface area contributed by atoms with E-state index in [0.29, 0.717) is 37.1 Å². The van der Waals surface area contributed by atoms with E-state index in [0.717, 1.165) is 44.5 Å². The van der Waals surface area contributed by atoms with Gasteiger partial charge in [-0.25, -0.2) is 8.42 Å². The fourth-order valence-corrected chi connectivity index (χ4v) is 5.54. The number of amides is 1. The van der Waals surface area contributed by atoms with Crippen molar-refractivity contribution in [3.8, 4) is 0 Å². The van der Waals surface area contributed by atoms with E-state index in [4.69, 9.17) is 4.74 Å². The fraction of sp³-hybridized carbons (Fsp3) is 0.667. The number of nitrogens with one attached hydrogen (secondary N) is 1. The Morgan fingerprint density at radius 1 is 1.14 bits per heavy atom. The van der Waals surface area contributed by atoms with Crippen LogP contribution in [0.15, 0.2) is 29.2 Å². The van der Waals surface area contributed by atoms with Gasteiger partial charge in [0, 0.05) is 45.0 Å². The monoisotopic (exact) mass is 423 g/mol. The van der Waals surface area contributed by atoms with Gasteiger partial charge in [-0.1, -0.05) is 13.8 Å². The minimum atomic E-state index is -3.42. The molecule has 3 rings (SSSR count). The Kier molecular flexibility index (Phi) is 7.54. The molecule has 1 N–H and O–H groups in total. The van der Waals surface area contributed by atoms with Crippen molar-refractivity contribution in [3.05, 3.63) is 24.3 Å². The van der Waals surface area contributed by atoms with Gasteiger partial charge in [-0.05, 0) is 55.9 Å². The third-order valence-corrected chi connectivity index (χ3v) is 8.01. The first-order chi connectivity index (χ1) is 14.0. The van der Waals surface area contributed by atoms with Crippen LogP contribution in [0.3, 0.4) is 0 Å². The molecule has 162 valence electrons. The number of carbonyl (C=O) groups excluding carboxylic acids is 1. The smallest absolute Gasteiger partial charge is 0.249 e. The van der Waals surface area contributed by atoms with Crippen molar-refractivity contribution in [3.63, 3.8) is 0 Å². The summed E-state index contributed by atoms with van der Waals surface area (Å²) in [6, 6.07) is 7.21. The van der Waals surface area contributed by atoms with Gasteiger partial charge in [-0.2, -0.15) is 4.31 Å². The Morgan fingerprint density at radius 3 is 2.34 bits per heavy atom. The van der Waals surface area contributed by atoms with Gasteiger partial charge in [-0.15, -0.1) is 0 Å². The Balaban J connectivity index is 1.50. The average Bonchev–Trinajstić information content (AvgIpc) is 3.28. The van der Waals surface area contributed by atoms with E-state index in [2.05, 4.69) is 10.2 Å². The van der Waals surface area contributed by atoms with E-state index in [1.54, 1.807) is 12.1 Å². The molecule has 1 unspecified atom stereocenters. The standard InChI is InChI=1S/C21H33N3O4S/c1-3-24(4-2)29(26,27)19-9-7-18(8-10-19)23-13-11-17(12-14-23)16-22-21(25)20-6-5-15-28-20/h7-10,17,20H,3-6,11-16H2,1-2H3,(H,22,25). The van der Waals surface area contributed by atoms with Crippen LogP contribution in [0.4, 0.5) is 5.69 Å². The SMILES string of the molecule is CCN(CC)S(=O)(=O)c1ccc(N2CCC(CNC(=O)C3CCCO3)CC2)cc1. The molecular formula is C21H33N3O4S. The zero-order chi connectivity index (χ0) is 20.9. The van der Waals surface area contributed by atoms with Gasteiger partial charge < -0.3 is 15.0 Å². The minimum absolute atomic E-state index is 0.0231. The lowest BCUT2D eigenvalue weighted by Gasteiger charge is -2.34. The van der Waals surface area contributed by atoms with Crippen LogP contribution in [0.5, 0.6) is 0 Å². The second-order valence-corrected chi connectivity index (χ2v) is 9.70. The molecule has 1 amide bonds. The molecular weight excluding hydrogens is 390 g/mol. The lowest BCUT2D eigenvalue weighted by atomic mass is 9.96. The normalized spacial score (nSPS) is 20.9. The summed E-state index contributed by atoms with van der Waals surface area (Å²) in [6.07, 6.45) is 3.54. The Labute approximate surface area is 174 Å². The molecule has 0 spiro atoms. The molecule has 0 aromatic heterocycles. The van der Waals surface area contributed by atoms with Crippen molar-refractivity contribution in [1.82, 2.24) is 9.62 Å². The van der Waals surface area contributed by atoms with Crippen LogP contribution in [-0.2, 0) is 19.6 Å². The largest absolute Gasteiger partial charge is 0.372 e.